The molecular formula is C57H90N2O20. The lowest BCUT2D eigenvalue weighted by atomic mass is 9.82. The standard InChI is InChI=1S/C57H90N2O20/c1-33-21-19-17-15-13-11-9-10-12-14-16-18-20-22-40(77-55-52(70)49(51(69)36(4)76-55)59-53(71)41(58-8)24-26-46(66)79-56(5,6)7)30-45-48(54(72)73)44(65)32-57(74,78-45)31-39(62)28-43(64)42(63)25-23-37(60)27-38(61)29-47(67)75-35(3)34(2)50(33)68/h9-22,33-45,48-52,55,58,60-65,68-70,74H,23-32H2,1-8H3,(H,59,71)(H,72,73)/b10-9+,13-11+,14-12+,17-15+,18-16+,21-19+,22-20+/t33-,34-,35-,36-,37+,38+,39-,40-,41-,42+,43+,44-,45-,48+,49-,50+,51+,52-,55-,57+/m0/s1. The number of esters is 2. The number of carboxylic acid groups (broad SMARTS) is 1. The second-order valence-electron chi connectivity index (χ2n) is 22.0. The van der Waals surface area contributed by atoms with Gasteiger partial charge in [-0.25, -0.2) is 0 Å². The van der Waals surface area contributed by atoms with Gasteiger partial charge >= 0.3 is 17.9 Å². The van der Waals surface area contributed by atoms with E-state index >= 15 is 0 Å². The van der Waals surface area contributed by atoms with Gasteiger partial charge in [0.2, 0.25) is 5.91 Å². The average molecular weight is 1120 g/mol. The molecule has 2 fully saturated rings. The van der Waals surface area contributed by atoms with Crippen LogP contribution >= 0.6 is 0 Å². The predicted octanol–water partition coefficient (Wildman–Crippen LogP) is 1.58. The molecule has 3 rings (SSSR count). The summed E-state index contributed by atoms with van der Waals surface area (Å²) in [4.78, 5) is 51.4. The fraction of sp³-hybridized carbons (Fsp3) is 0.684. The number of aliphatic carboxylic acids is 1. The van der Waals surface area contributed by atoms with Gasteiger partial charge in [0, 0.05) is 43.9 Å². The number of ether oxygens (including phenoxy) is 5. The average Bonchev–Trinajstić information content (AvgIpc) is 3.34. The van der Waals surface area contributed by atoms with Gasteiger partial charge in [-0.05, 0) is 67.3 Å². The molecule has 0 aromatic rings. The summed E-state index contributed by atoms with van der Waals surface area (Å²) < 4.78 is 29.0. The molecule has 3 heterocycles. The summed E-state index contributed by atoms with van der Waals surface area (Å²) in [6.45, 7) is 11.8. The van der Waals surface area contributed by atoms with Crippen molar-refractivity contribution in [3.63, 3.8) is 0 Å². The first-order valence-electron chi connectivity index (χ1n) is 27.2. The molecule has 3 aliphatic rings. The molecule has 22 nitrogen and oxygen atoms in total. The van der Waals surface area contributed by atoms with Crippen molar-refractivity contribution in [3.05, 3.63) is 85.1 Å². The molecule has 0 aromatic heterocycles. The number of aliphatic hydroxyl groups is 10. The zero-order chi connectivity index (χ0) is 59.2. The highest BCUT2D eigenvalue weighted by atomic mass is 16.7. The maximum Gasteiger partial charge on any atom is 0.311 e. The number of hydrogen-bond acceptors (Lipinski definition) is 20. The molecule has 79 heavy (non-hydrogen) atoms. The van der Waals surface area contributed by atoms with Gasteiger partial charge in [0.25, 0.3) is 0 Å². The van der Waals surface area contributed by atoms with E-state index < -0.39 is 177 Å². The lowest BCUT2D eigenvalue weighted by molar-refractivity contribution is -0.309. The van der Waals surface area contributed by atoms with Crippen LogP contribution in [0.4, 0.5) is 0 Å². The molecule has 0 aliphatic carbocycles. The second kappa shape index (κ2) is 33.4. The lowest BCUT2D eigenvalue weighted by Crippen LogP contribution is -2.65. The Morgan fingerprint density at radius 2 is 1.29 bits per heavy atom. The maximum absolute atomic E-state index is 13.5. The van der Waals surface area contributed by atoms with E-state index in [4.69, 9.17) is 23.7 Å². The minimum absolute atomic E-state index is 0.0107. The fourth-order valence-electron chi connectivity index (χ4n) is 9.43. The van der Waals surface area contributed by atoms with Crippen molar-refractivity contribution in [2.45, 2.75) is 222 Å². The Morgan fingerprint density at radius 1 is 0.709 bits per heavy atom. The van der Waals surface area contributed by atoms with E-state index in [0.717, 1.165) is 0 Å². The third-order valence-electron chi connectivity index (χ3n) is 14.0. The zero-order valence-corrected chi connectivity index (χ0v) is 46.7. The first-order valence-corrected chi connectivity index (χ1v) is 27.2. The number of carbonyl (C=O) groups excluding carboxylic acids is 3. The number of nitrogens with one attached hydrogen (secondary N) is 2. The lowest BCUT2D eigenvalue weighted by Gasteiger charge is -2.45. The van der Waals surface area contributed by atoms with Crippen LogP contribution in [0.1, 0.15) is 113 Å². The van der Waals surface area contributed by atoms with Gasteiger partial charge in [-0.3, -0.25) is 19.2 Å². The summed E-state index contributed by atoms with van der Waals surface area (Å²) in [5.41, 5.74) is -0.752. The van der Waals surface area contributed by atoms with Crippen LogP contribution in [0.25, 0.3) is 0 Å². The Kier molecular flexibility index (Phi) is 29.1. The van der Waals surface area contributed by atoms with Crippen molar-refractivity contribution >= 4 is 23.8 Å². The number of aliphatic hydroxyl groups excluding tert-OH is 9. The Balaban J connectivity index is 1.93. The molecule has 0 unspecified atom stereocenters. The van der Waals surface area contributed by atoms with Crippen molar-refractivity contribution in [1.29, 1.82) is 0 Å². The number of carbonyl (C=O) groups is 4. The summed E-state index contributed by atoms with van der Waals surface area (Å²) in [5, 5.41) is 127. The summed E-state index contributed by atoms with van der Waals surface area (Å²) in [6.07, 6.45) is 1.13. The van der Waals surface area contributed by atoms with E-state index in [9.17, 15) is 75.3 Å². The smallest absolute Gasteiger partial charge is 0.311 e. The zero-order valence-electron chi connectivity index (χ0n) is 46.7. The Hall–Kier alpha value is -4.50. The van der Waals surface area contributed by atoms with Gasteiger partial charge in [0.05, 0.1) is 79.5 Å². The van der Waals surface area contributed by atoms with Gasteiger partial charge in [0.15, 0.2) is 12.1 Å². The molecule has 3 aliphatic heterocycles. The van der Waals surface area contributed by atoms with Gasteiger partial charge in [-0.15, -0.1) is 0 Å². The molecule has 0 radical (unpaired) electrons. The number of fused-ring (bicyclic) bond motifs is 2. The van der Waals surface area contributed by atoms with Crippen LogP contribution in [0.15, 0.2) is 85.1 Å². The number of hydrogen-bond donors (Lipinski definition) is 13. The van der Waals surface area contributed by atoms with Crippen LogP contribution in [0.5, 0.6) is 0 Å². The number of rotatable bonds is 9. The van der Waals surface area contributed by atoms with Crippen LogP contribution in [-0.4, -0.2) is 196 Å². The number of amides is 1. The van der Waals surface area contributed by atoms with Crippen LogP contribution in [-0.2, 0) is 42.9 Å². The highest BCUT2D eigenvalue weighted by Crippen LogP contribution is 2.38. The maximum atomic E-state index is 13.5. The molecule has 20 atom stereocenters. The van der Waals surface area contributed by atoms with E-state index in [-0.39, 0.29) is 38.0 Å². The predicted molar refractivity (Wildman–Crippen MR) is 289 cm³/mol. The van der Waals surface area contributed by atoms with Gasteiger partial charge in [-0.1, -0.05) is 98.9 Å². The third kappa shape index (κ3) is 24.2. The Bertz CT molecular complexity index is 2110. The minimum Gasteiger partial charge on any atom is -0.481 e. The third-order valence-corrected chi connectivity index (χ3v) is 14.0. The van der Waals surface area contributed by atoms with Crippen molar-refractivity contribution in [3.8, 4) is 0 Å². The molecule has 2 bridgehead atoms. The largest absolute Gasteiger partial charge is 0.481 e. The minimum atomic E-state index is -2.41. The van der Waals surface area contributed by atoms with E-state index in [0.29, 0.717) is 0 Å². The highest BCUT2D eigenvalue weighted by Gasteiger charge is 2.51. The Labute approximate surface area is 463 Å². The fourth-order valence-corrected chi connectivity index (χ4v) is 9.43. The van der Waals surface area contributed by atoms with Crippen molar-refractivity contribution in [2.75, 3.05) is 7.05 Å². The van der Waals surface area contributed by atoms with Gasteiger partial charge < -0.3 is 90.5 Å². The first-order chi connectivity index (χ1) is 37.0. The molecular weight excluding hydrogens is 1030 g/mol. The van der Waals surface area contributed by atoms with E-state index in [1.807, 2.05) is 13.0 Å². The first kappa shape index (κ1) is 68.8. The van der Waals surface area contributed by atoms with Crippen LogP contribution < -0.4 is 10.6 Å². The van der Waals surface area contributed by atoms with Crippen molar-refractivity contribution in [1.82, 2.24) is 10.6 Å². The summed E-state index contributed by atoms with van der Waals surface area (Å²) in [7, 11) is 1.50. The molecule has 448 valence electrons. The highest BCUT2D eigenvalue weighted by molar-refractivity contribution is 5.83. The monoisotopic (exact) mass is 1120 g/mol. The normalized spacial score (nSPS) is 40.0. The van der Waals surface area contributed by atoms with E-state index in [2.05, 4.69) is 10.6 Å². The van der Waals surface area contributed by atoms with Gasteiger partial charge in [-0.2, -0.15) is 0 Å². The van der Waals surface area contributed by atoms with Gasteiger partial charge in [0.1, 0.15) is 29.8 Å². The summed E-state index contributed by atoms with van der Waals surface area (Å²) in [5.74, 6) is -8.32. The molecule has 22 heteroatoms. The molecule has 1 amide bonds. The van der Waals surface area contributed by atoms with E-state index in [1.165, 1.54) is 26.1 Å². The van der Waals surface area contributed by atoms with E-state index in [1.54, 1.807) is 101 Å². The molecule has 0 saturated carbocycles. The molecule has 13 N–H and O–H groups in total. The molecule has 0 spiro atoms. The van der Waals surface area contributed by atoms with Crippen molar-refractivity contribution < 1.29 is 99.0 Å². The summed E-state index contributed by atoms with van der Waals surface area (Å²) in [6, 6.07) is -2.34. The summed E-state index contributed by atoms with van der Waals surface area (Å²) >= 11 is 0. The second-order valence-corrected chi connectivity index (χ2v) is 22.0. The molecule has 0 aromatic carbocycles. The van der Waals surface area contributed by atoms with Crippen LogP contribution in [0.3, 0.4) is 0 Å². The topological polar surface area (TPSA) is 361 Å². The number of allylic oxidation sites excluding steroid dienone is 12. The van der Waals surface area contributed by atoms with Crippen molar-refractivity contribution in [2.24, 2.45) is 17.8 Å². The Morgan fingerprint density at radius 3 is 1.86 bits per heavy atom. The van der Waals surface area contributed by atoms with Crippen LogP contribution in [0.2, 0.25) is 0 Å². The number of likely N-dealkylation sites (N-methyl/N-ethyl adjacent to an activating group) is 1. The number of cyclic esters (lactones) is 1. The van der Waals surface area contributed by atoms with Crippen LogP contribution in [0, 0.1) is 17.8 Å². The number of carboxylic acids is 1. The quantitative estimate of drug-likeness (QED) is 0.146. The SMILES string of the molecule is CN[C@@H](CCC(=O)OC(C)(C)C)C(=O)N[C@@H]1[C@H](O)[C@H](O[C@H]2/C=C/C=C/C=C/C=C/C=C/C=C/C=C/[C@H](C)[C@@H](O)[C@@H](C)[C@H](C)OC(=O)C[C@H](O)C[C@H](O)CC[C@@H](O)[C@H](O)C[C@H](O)C[C@]3(O)C[C@H](O)[C@@H](C(=O)O)[C@H](C2)O3)O[C@@H](C)[C@H]1O. The molecule has 2 saturated heterocycles.